The van der Waals surface area contributed by atoms with Crippen molar-refractivity contribution in [1.82, 2.24) is 25.2 Å². The summed E-state index contributed by atoms with van der Waals surface area (Å²) in [4.78, 5) is 4.61. The van der Waals surface area contributed by atoms with Gasteiger partial charge in [0.25, 0.3) is 0 Å². The third kappa shape index (κ3) is 2.35. The van der Waals surface area contributed by atoms with Gasteiger partial charge in [-0.3, -0.25) is 4.68 Å². The summed E-state index contributed by atoms with van der Waals surface area (Å²) in [6, 6.07) is 1.90. The van der Waals surface area contributed by atoms with Crippen molar-refractivity contribution in [2.75, 3.05) is 13.1 Å². The van der Waals surface area contributed by atoms with Crippen molar-refractivity contribution in [3.8, 4) is 11.5 Å². The van der Waals surface area contributed by atoms with Crippen LogP contribution < -0.4 is 5.32 Å². The lowest BCUT2D eigenvalue weighted by Gasteiger charge is -2.34. The van der Waals surface area contributed by atoms with E-state index >= 15 is 0 Å². The van der Waals surface area contributed by atoms with E-state index in [-0.39, 0.29) is 5.41 Å². The van der Waals surface area contributed by atoms with Gasteiger partial charge in [0.15, 0.2) is 0 Å². The second-order valence-corrected chi connectivity index (χ2v) is 5.61. The van der Waals surface area contributed by atoms with Gasteiger partial charge in [-0.05, 0) is 31.9 Å². The second-order valence-electron chi connectivity index (χ2n) is 5.61. The first-order chi connectivity index (χ1) is 9.73. The van der Waals surface area contributed by atoms with Crippen molar-refractivity contribution in [2.45, 2.75) is 38.0 Å². The van der Waals surface area contributed by atoms with E-state index < -0.39 is 0 Å². The van der Waals surface area contributed by atoms with Crippen LogP contribution in [0.1, 0.15) is 38.5 Å². The fourth-order valence-corrected chi connectivity index (χ4v) is 3.03. The molecule has 0 amide bonds. The molecule has 1 N–H and O–H groups in total. The maximum atomic E-state index is 5.57. The molecule has 0 bridgehead atoms. The van der Waals surface area contributed by atoms with E-state index in [0.717, 1.165) is 50.4 Å². The molecule has 6 heteroatoms. The summed E-state index contributed by atoms with van der Waals surface area (Å²) < 4.78 is 7.32. The number of nitrogens with zero attached hydrogens (tertiary/aromatic N) is 4. The smallest absolute Gasteiger partial charge is 0.234 e. The SMILES string of the molecule is CCCC1(c2nc(-c3ccn(C)n3)no2)CCCNC1. The lowest BCUT2D eigenvalue weighted by Crippen LogP contribution is -2.43. The van der Waals surface area contributed by atoms with Gasteiger partial charge >= 0.3 is 0 Å². The zero-order valence-electron chi connectivity index (χ0n) is 12.1. The summed E-state index contributed by atoms with van der Waals surface area (Å²) in [5.41, 5.74) is 0.755. The van der Waals surface area contributed by atoms with Gasteiger partial charge in [0.1, 0.15) is 5.69 Å². The third-order valence-electron chi connectivity index (χ3n) is 4.02. The fraction of sp³-hybridized carbons (Fsp3) is 0.643. The van der Waals surface area contributed by atoms with Crippen molar-refractivity contribution in [1.29, 1.82) is 0 Å². The molecule has 20 heavy (non-hydrogen) atoms. The molecule has 1 fully saturated rings. The summed E-state index contributed by atoms with van der Waals surface area (Å²) in [5, 5.41) is 11.9. The van der Waals surface area contributed by atoms with Crippen molar-refractivity contribution >= 4 is 0 Å². The fourth-order valence-electron chi connectivity index (χ4n) is 3.03. The summed E-state index contributed by atoms with van der Waals surface area (Å²) in [5.74, 6) is 1.34. The molecule has 0 saturated carbocycles. The van der Waals surface area contributed by atoms with E-state index in [1.54, 1.807) is 4.68 Å². The highest BCUT2D eigenvalue weighted by molar-refractivity contribution is 5.47. The number of hydrogen-bond donors (Lipinski definition) is 1. The normalized spacial score (nSPS) is 23.1. The van der Waals surface area contributed by atoms with Crippen molar-refractivity contribution in [2.24, 2.45) is 7.05 Å². The van der Waals surface area contributed by atoms with Crippen LogP contribution in [0.5, 0.6) is 0 Å². The van der Waals surface area contributed by atoms with Gasteiger partial charge in [-0.2, -0.15) is 10.1 Å². The molecule has 0 spiro atoms. The maximum Gasteiger partial charge on any atom is 0.234 e. The minimum atomic E-state index is -0.00691. The number of aromatic nitrogens is 4. The Labute approximate surface area is 118 Å². The minimum absolute atomic E-state index is 0.00691. The lowest BCUT2D eigenvalue weighted by molar-refractivity contribution is 0.213. The van der Waals surface area contributed by atoms with Gasteiger partial charge in [0.2, 0.25) is 11.7 Å². The molecular weight excluding hydrogens is 254 g/mol. The van der Waals surface area contributed by atoms with Crippen LogP contribution in [0, 0.1) is 0 Å². The first kappa shape index (κ1) is 13.3. The van der Waals surface area contributed by atoms with Gasteiger partial charge in [-0.25, -0.2) is 0 Å². The van der Waals surface area contributed by atoms with Crippen LogP contribution in [0.2, 0.25) is 0 Å². The Balaban J connectivity index is 1.90. The molecule has 3 rings (SSSR count). The number of hydrogen-bond acceptors (Lipinski definition) is 5. The van der Waals surface area contributed by atoms with Crippen LogP contribution in [-0.4, -0.2) is 33.0 Å². The Morgan fingerprint density at radius 1 is 1.50 bits per heavy atom. The predicted octanol–water partition coefficient (Wildman–Crippen LogP) is 1.89. The Hall–Kier alpha value is -1.69. The third-order valence-corrected chi connectivity index (χ3v) is 4.02. The molecule has 1 aliphatic rings. The van der Waals surface area contributed by atoms with Crippen molar-refractivity contribution in [3.63, 3.8) is 0 Å². The molecule has 0 aliphatic carbocycles. The molecule has 2 aromatic heterocycles. The van der Waals surface area contributed by atoms with E-state index in [1.165, 1.54) is 0 Å². The van der Waals surface area contributed by atoms with Crippen LogP contribution in [0.15, 0.2) is 16.8 Å². The van der Waals surface area contributed by atoms with Crippen molar-refractivity contribution < 1.29 is 4.52 Å². The summed E-state index contributed by atoms with van der Waals surface area (Å²) in [6.07, 6.45) is 6.33. The molecule has 0 radical (unpaired) electrons. The molecule has 1 saturated heterocycles. The molecule has 108 valence electrons. The van der Waals surface area contributed by atoms with Crippen LogP contribution in [0.4, 0.5) is 0 Å². The average Bonchev–Trinajstić information content (AvgIpc) is 3.09. The predicted molar refractivity (Wildman–Crippen MR) is 75.2 cm³/mol. The minimum Gasteiger partial charge on any atom is -0.338 e. The Kier molecular flexibility index (Phi) is 3.56. The first-order valence-electron chi connectivity index (χ1n) is 7.28. The zero-order valence-corrected chi connectivity index (χ0v) is 12.1. The lowest BCUT2D eigenvalue weighted by atomic mass is 9.77. The molecular formula is C14H21N5O. The van der Waals surface area contributed by atoms with Crippen LogP contribution in [0.25, 0.3) is 11.5 Å². The van der Waals surface area contributed by atoms with Crippen LogP contribution in [-0.2, 0) is 12.5 Å². The van der Waals surface area contributed by atoms with E-state index in [9.17, 15) is 0 Å². The van der Waals surface area contributed by atoms with Gasteiger partial charge in [0.05, 0.1) is 5.41 Å². The highest BCUT2D eigenvalue weighted by atomic mass is 16.5. The second kappa shape index (κ2) is 5.36. The van der Waals surface area contributed by atoms with Gasteiger partial charge in [-0.15, -0.1) is 0 Å². The Bertz CT molecular complexity index is 562. The highest BCUT2D eigenvalue weighted by Gasteiger charge is 2.38. The average molecular weight is 275 g/mol. The molecule has 1 aliphatic heterocycles. The maximum absolute atomic E-state index is 5.57. The Morgan fingerprint density at radius 2 is 2.40 bits per heavy atom. The van der Waals surface area contributed by atoms with E-state index in [2.05, 4.69) is 27.5 Å². The van der Waals surface area contributed by atoms with Crippen molar-refractivity contribution in [3.05, 3.63) is 18.2 Å². The first-order valence-corrected chi connectivity index (χ1v) is 7.28. The number of piperidine rings is 1. The largest absolute Gasteiger partial charge is 0.338 e. The Morgan fingerprint density at radius 3 is 3.05 bits per heavy atom. The van der Waals surface area contributed by atoms with E-state index in [0.29, 0.717) is 5.82 Å². The van der Waals surface area contributed by atoms with Crippen LogP contribution >= 0.6 is 0 Å². The number of rotatable bonds is 4. The summed E-state index contributed by atoms with van der Waals surface area (Å²) in [6.45, 7) is 4.20. The van der Waals surface area contributed by atoms with Gasteiger partial charge in [0, 0.05) is 19.8 Å². The standard InChI is InChI=1S/C14H21N5O/c1-3-6-14(7-4-8-15-10-14)13-16-12(18-20-13)11-5-9-19(2)17-11/h5,9,15H,3-4,6-8,10H2,1-2H3. The van der Waals surface area contributed by atoms with Gasteiger partial charge in [-0.1, -0.05) is 18.5 Å². The monoisotopic (exact) mass is 275 g/mol. The summed E-state index contributed by atoms with van der Waals surface area (Å²) in [7, 11) is 1.88. The summed E-state index contributed by atoms with van der Waals surface area (Å²) >= 11 is 0. The van der Waals surface area contributed by atoms with Crippen LogP contribution in [0.3, 0.4) is 0 Å². The van der Waals surface area contributed by atoms with E-state index in [4.69, 9.17) is 4.52 Å². The number of aryl methyl sites for hydroxylation is 1. The molecule has 1 atom stereocenters. The molecule has 6 nitrogen and oxygen atoms in total. The quantitative estimate of drug-likeness (QED) is 0.922. The van der Waals surface area contributed by atoms with E-state index in [1.807, 2.05) is 19.3 Å². The molecule has 3 heterocycles. The topological polar surface area (TPSA) is 68.8 Å². The zero-order chi connectivity index (χ0) is 14.0. The highest BCUT2D eigenvalue weighted by Crippen LogP contribution is 2.35. The molecule has 1 unspecified atom stereocenters. The van der Waals surface area contributed by atoms with Gasteiger partial charge < -0.3 is 9.84 Å². The molecule has 2 aromatic rings. The number of nitrogens with one attached hydrogen (secondary N) is 1. The molecule has 0 aromatic carbocycles.